The minimum absolute atomic E-state index is 0.153. The van der Waals surface area contributed by atoms with Gasteiger partial charge in [-0.2, -0.15) is 0 Å². The summed E-state index contributed by atoms with van der Waals surface area (Å²) in [6.45, 7) is 6.08. The van der Waals surface area contributed by atoms with E-state index in [9.17, 15) is 4.79 Å². The van der Waals surface area contributed by atoms with Crippen LogP contribution in [0.1, 0.15) is 13.8 Å². The van der Waals surface area contributed by atoms with Crippen LogP contribution in [0.25, 0.3) is 0 Å². The van der Waals surface area contributed by atoms with Crippen molar-refractivity contribution in [1.29, 1.82) is 0 Å². The van der Waals surface area contributed by atoms with Crippen molar-refractivity contribution in [1.82, 2.24) is 0 Å². The Kier molecular flexibility index (Phi) is 4.51. The molecule has 82 valence electrons. The maximum atomic E-state index is 10.4. The molecular weight excluding hydrogens is 184 g/mol. The number of carbonyl (C=O) groups is 1. The van der Waals surface area contributed by atoms with Gasteiger partial charge in [0.15, 0.2) is 5.78 Å². The van der Waals surface area contributed by atoms with E-state index in [1.54, 1.807) is 0 Å². The summed E-state index contributed by atoms with van der Waals surface area (Å²) >= 11 is 0. The van der Waals surface area contributed by atoms with Gasteiger partial charge in [-0.1, -0.05) is 13.8 Å². The summed E-state index contributed by atoms with van der Waals surface area (Å²) in [6, 6.07) is 0. The van der Waals surface area contributed by atoms with Crippen molar-refractivity contribution >= 4 is 5.78 Å². The number of ether oxygens (including phenoxy) is 2. The predicted molar refractivity (Wildman–Crippen MR) is 51.0 cm³/mol. The zero-order valence-corrected chi connectivity index (χ0v) is 8.73. The number of aliphatic hydroxyl groups is 1. The summed E-state index contributed by atoms with van der Waals surface area (Å²) in [6.07, 6.45) is -0.208. The van der Waals surface area contributed by atoms with Crippen molar-refractivity contribution in [2.45, 2.75) is 20.0 Å². The van der Waals surface area contributed by atoms with E-state index in [-0.39, 0.29) is 17.8 Å². The smallest absolute Gasteiger partial charge is 0.163 e. The van der Waals surface area contributed by atoms with Crippen LogP contribution in [-0.2, 0) is 14.3 Å². The van der Waals surface area contributed by atoms with Crippen LogP contribution in [0.2, 0.25) is 0 Å². The molecule has 3 atom stereocenters. The molecule has 0 spiro atoms. The van der Waals surface area contributed by atoms with Gasteiger partial charge in [-0.25, -0.2) is 0 Å². The molecule has 1 N–H and O–H groups in total. The molecule has 14 heavy (non-hydrogen) atoms. The Morgan fingerprint density at radius 1 is 1.21 bits per heavy atom. The SMILES string of the molecule is CC1COCC1=O.C[C@@H]1COC[C@H]1O. The average Bonchev–Trinajstić information content (AvgIpc) is 2.67. The Hall–Kier alpha value is -0.450. The van der Waals surface area contributed by atoms with Gasteiger partial charge in [0.1, 0.15) is 6.61 Å². The van der Waals surface area contributed by atoms with Gasteiger partial charge in [0.25, 0.3) is 0 Å². The van der Waals surface area contributed by atoms with E-state index in [0.717, 1.165) is 6.61 Å². The van der Waals surface area contributed by atoms with Crippen molar-refractivity contribution in [2.24, 2.45) is 11.8 Å². The number of ketones is 1. The molecule has 2 heterocycles. The molecule has 0 aromatic rings. The first kappa shape index (κ1) is 11.6. The monoisotopic (exact) mass is 202 g/mol. The lowest BCUT2D eigenvalue weighted by Gasteiger charge is -2.00. The molecule has 4 heteroatoms. The van der Waals surface area contributed by atoms with E-state index in [0.29, 0.717) is 25.7 Å². The maximum absolute atomic E-state index is 10.4. The van der Waals surface area contributed by atoms with Crippen LogP contribution in [0.15, 0.2) is 0 Å². The fourth-order valence-corrected chi connectivity index (χ4v) is 1.22. The summed E-state index contributed by atoms with van der Waals surface area (Å²) in [5, 5.41) is 8.87. The van der Waals surface area contributed by atoms with Crippen LogP contribution in [-0.4, -0.2) is 43.4 Å². The number of carbonyl (C=O) groups excluding carboxylic acids is 1. The van der Waals surface area contributed by atoms with E-state index in [4.69, 9.17) is 14.6 Å². The van der Waals surface area contributed by atoms with E-state index in [1.165, 1.54) is 0 Å². The third kappa shape index (κ3) is 3.36. The lowest BCUT2D eigenvalue weighted by Crippen LogP contribution is -2.13. The van der Waals surface area contributed by atoms with E-state index < -0.39 is 0 Å². The van der Waals surface area contributed by atoms with Gasteiger partial charge in [0, 0.05) is 11.8 Å². The van der Waals surface area contributed by atoms with Gasteiger partial charge < -0.3 is 14.6 Å². The lowest BCUT2D eigenvalue weighted by atomic mass is 10.1. The quantitative estimate of drug-likeness (QED) is 0.611. The van der Waals surface area contributed by atoms with E-state index >= 15 is 0 Å². The summed E-state index contributed by atoms with van der Waals surface area (Å²) in [5.41, 5.74) is 0. The van der Waals surface area contributed by atoms with Gasteiger partial charge in [-0.3, -0.25) is 4.79 Å². The molecule has 2 saturated heterocycles. The Morgan fingerprint density at radius 2 is 1.93 bits per heavy atom. The largest absolute Gasteiger partial charge is 0.390 e. The van der Waals surface area contributed by atoms with Crippen molar-refractivity contribution in [2.75, 3.05) is 26.4 Å². The molecule has 2 fully saturated rings. The second-order valence-corrected chi connectivity index (χ2v) is 3.96. The fourth-order valence-electron chi connectivity index (χ4n) is 1.22. The zero-order valence-electron chi connectivity index (χ0n) is 8.73. The lowest BCUT2D eigenvalue weighted by molar-refractivity contribution is -0.120. The molecule has 4 nitrogen and oxygen atoms in total. The highest BCUT2D eigenvalue weighted by Gasteiger charge is 2.20. The number of Topliss-reactive ketones (excluding diaryl/α,β-unsaturated/α-hetero) is 1. The summed E-state index contributed by atoms with van der Waals surface area (Å²) in [7, 11) is 0. The number of hydrogen-bond donors (Lipinski definition) is 1. The second-order valence-electron chi connectivity index (χ2n) is 3.96. The van der Waals surface area contributed by atoms with Crippen molar-refractivity contribution in [3.63, 3.8) is 0 Å². The molecule has 0 aliphatic carbocycles. The maximum Gasteiger partial charge on any atom is 0.163 e. The topological polar surface area (TPSA) is 55.8 Å². The molecule has 0 aromatic heterocycles. The van der Waals surface area contributed by atoms with Crippen molar-refractivity contribution in [3.8, 4) is 0 Å². The summed E-state index contributed by atoms with van der Waals surface area (Å²) in [4.78, 5) is 10.4. The second kappa shape index (κ2) is 5.44. The minimum Gasteiger partial charge on any atom is -0.390 e. The van der Waals surface area contributed by atoms with Gasteiger partial charge in [-0.15, -0.1) is 0 Å². The van der Waals surface area contributed by atoms with Crippen molar-refractivity contribution < 1.29 is 19.4 Å². The Bertz CT molecular complexity index is 185. The number of rotatable bonds is 0. The highest BCUT2D eigenvalue weighted by Crippen LogP contribution is 2.10. The highest BCUT2D eigenvalue weighted by atomic mass is 16.5. The number of hydrogen-bond acceptors (Lipinski definition) is 4. The molecule has 0 bridgehead atoms. The normalized spacial score (nSPS) is 36.8. The van der Waals surface area contributed by atoms with Gasteiger partial charge in [-0.05, 0) is 0 Å². The van der Waals surface area contributed by atoms with Crippen LogP contribution >= 0.6 is 0 Å². The van der Waals surface area contributed by atoms with E-state index in [2.05, 4.69) is 0 Å². The van der Waals surface area contributed by atoms with Gasteiger partial charge in [0.05, 0.1) is 25.9 Å². The first-order valence-electron chi connectivity index (χ1n) is 4.97. The molecular formula is C10H18O4. The Balaban J connectivity index is 0.000000140. The fraction of sp³-hybridized carbons (Fsp3) is 0.900. The summed E-state index contributed by atoms with van der Waals surface area (Å²) in [5.74, 6) is 0.736. The first-order chi connectivity index (χ1) is 6.61. The Labute approximate surface area is 84.2 Å². The first-order valence-corrected chi connectivity index (χ1v) is 4.97. The predicted octanol–water partition coefficient (Wildman–Crippen LogP) is 0.235. The van der Waals surface area contributed by atoms with Crippen LogP contribution < -0.4 is 0 Å². The Morgan fingerprint density at radius 3 is 2.07 bits per heavy atom. The standard InChI is InChI=1S/C5H10O2.C5H8O2/c2*1-4-2-7-3-5(4)6/h4-6H,2-3H2,1H3;4H,2-3H2,1H3/t4-,5-;/m1./s1. The third-order valence-corrected chi connectivity index (χ3v) is 2.49. The average molecular weight is 202 g/mol. The highest BCUT2D eigenvalue weighted by molar-refractivity contribution is 5.83. The third-order valence-electron chi connectivity index (χ3n) is 2.49. The molecule has 0 aromatic carbocycles. The molecule has 2 rings (SSSR count). The van der Waals surface area contributed by atoms with Gasteiger partial charge >= 0.3 is 0 Å². The molecule has 0 saturated carbocycles. The molecule has 0 amide bonds. The van der Waals surface area contributed by atoms with Crippen LogP contribution in [0, 0.1) is 11.8 Å². The minimum atomic E-state index is -0.208. The molecule has 1 unspecified atom stereocenters. The van der Waals surface area contributed by atoms with Crippen molar-refractivity contribution in [3.05, 3.63) is 0 Å². The number of aliphatic hydroxyl groups excluding tert-OH is 1. The summed E-state index contributed by atoms with van der Waals surface area (Å²) < 4.78 is 9.74. The van der Waals surface area contributed by atoms with E-state index in [1.807, 2.05) is 13.8 Å². The van der Waals surface area contributed by atoms with Crippen LogP contribution in [0.4, 0.5) is 0 Å². The molecule has 2 aliphatic rings. The zero-order chi connectivity index (χ0) is 10.6. The van der Waals surface area contributed by atoms with Crippen LogP contribution in [0.3, 0.4) is 0 Å². The molecule has 2 aliphatic heterocycles. The van der Waals surface area contributed by atoms with Crippen LogP contribution in [0.5, 0.6) is 0 Å². The van der Waals surface area contributed by atoms with Gasteiger partial charge in [0.2, 0.25) is 0 Å². The molecule has 0 radical (unpaired) electrons.